The second-order valence-corrected chi connectivity index (χ2v) is 6.69. The molecule has 0 saturated carbocycles. The van der Waals surface area contributed by atoms with Gasteiger partial charge in [0.1, 0.15) is 0 Å². The second-order valence-electron chi connectivity index (χ2n) is 6.69. The Morgan fingerprint density at radius 2 is 1.79 bits per heavy atom. The van der Waals surface area contributed by atoms with Gasteiger partial charge in [0, 0.05) is 38.8 Å². The number of rotatable bonds is 8. The summed E-state index contributed by atoms with van der Waals surface area (Å²) in [6.45, 7) is 14.8. The van der Waals surface area contributed by atoms with Crippen molar-refractivity contribution in [3.05, 3.63) is 0 Å². The Bertz CT molecular complexity index is 223. The van der Waals surface area contributed by atoms with Crippen LogP contribution in [0.2, 0.25) is 0 Å². The summed E-state index contributed by atoms with van der Waals surface area (Å²) in [5, 5.41) is 0. The standard InChI is InChI=1S/C16H34N2O/c1-14(2)13-18-10-7-16(8-11-18)19-12-6-9-17(5)15(3)4/h14-16H,6-13H2,1-5H3. The first-order chi connectivity index (χ1) is 8.99. The molecule has 0 atom stereocenters. The minimum Gasteiger partial charge on any atom is -0.378 e. The first-order valence-electron chi connectivity index (χ1n) is 8.03. The highest BCUT2D eigenvalue weighted by Crippen LogP contribution is 2.15. The molecule has 1 saturated heterocycles. The van der Waals surface area contributed by atoms with E-state index in [4.69, 9.17) is 4.74 Å². The van der Waals surface area contributed by atoms with Crippen molar-refractivity contribution in [2.75, 3.05) is 39.8 Å². The highest BCUT2D eigenvalue weighted by atomic mass is 16.5. The zero-order valence-electron chi connectivity index (χ0n) is 13.7. The lowest BCUT2D eigenvalue weighted by molar-refractivity contribution is 0.00196. The number of piperidine rings is 1. The lowest BCUT2D eigenvalue weighted by atomic mass is 10.1. The van der Waals surface area contributed by atoms with Crippen molar-refractivity contribution in [1.82, 2.24) is 9.80 Å². The van der Waals surface area contributed by atoms with Gasteiger partial charge in [-0.15, -0.1) is 0 Å². The SMILES string of the molecule is CC(C)CN1CCC(OCCCN(C)C(C)C)CC1. The third kappa shape index (κ3) is 7.28. The summed E-state index contributed by atoms with van der Waals surface area (Å²) in [7, 11) is 2.19. The molecule has 0 amide bonds. The molecule has 0 bridgehead atoms. The molecule has 0 radical (unpaired) electrons. The Hall–Kier alpha value is -0.120. The van der Waals surface area contributed by atoms with Gasteiger partial charge in [-0.1, -0.05) is 13.8 Å². The Kier molecular flexibility index (Phi) is 7.96. The number of hydrogen-bond acceptors (Lipinski definition) is 3. The van der Waals surface area contributed by atoms with Crippen LogP contribution in [0.15, 0.2) is 0 Å². The van der Waals surface area contributed by atoms with E-state index in [1.54, 1.807) is 0 Å². The molecule has 1 aliphatic heterocycles. The van der Waals surface area contributed by atoms with Gasteiger partial charge < -0.3 is 14.5 Å². The molecule has 0 aromatic carbocycles. The molecule has 0 aromatic rings. The molecule has 0 N–H and O–H groups in total. The van der Waals surface area contributed by atoms with Crippen molar-refractivity contribution in [2.24, 2.45) is 5.92 Å². The monoisotopic (exact) mass is 270 g/mol. The average molecular weight is 270 g/mol. The van der Waals surface area contributed by atoms with E-state index < -0.39 is 0 Å². The molecule has 0 spiro atoms. The summed E-state index contributed by atoms with van der Waals surface area (Å²) in [6.07, 6.45) is 4.09. The molecular formula is C16H34N2O. The molecular weight excluding hydrogens is 236 g/mol. The molecule has 1 rings (SSSR count). The Labute approximate surface area is 120 Å². The molecule has 1 fully saturated rings. The third-order valence-electron chi connectivity index (χ3n) is 4.05. The molecule has 3 nitrogen and oxygen atoms in total. The van der Waals surface area contributed by atoms with E-state index in [1.165, 1.54) is 32.5 Å². The van der Waals surface area contributed by atoms with Gasteiger partial charge in [-0.05, 0) is 46.1 Å². The number of ether oxygens (including phenoxy) is 1. The first-order valence-corrected chi connectivity index (χ1v) is 8.03. The van der Waals surface area contributed by atoms with Gasteiger partial charge >= 0.3 is 0 Å². The van der Waals surface area contributed by atoms with Crippen LogP contribution in [0.1, 0.15) is 47.0 Å². The fourth-order valence-electron chi connectivity index (χ4n) is 2.60. The molecule has 1 aliphatic rings. The van der Waals surface area contributed by atoms with Crippen molar-refractivity contribution in [2.45, 2.75) is 59.1 Å². The normalized spacial score (nSPS) is 18.9. The maximum absolute atomic E-state index is 6.01. The maximum Gasteiger partial charge on any atom is 0.0599 e. The van der Waals surface area contributed by atoms with Crippen molar-refractivity contribution in [3.63, 3.8) is 0 Å². The highest BCUT2D eigenvalue weighted by Gasteiger charge is 2.19. The number of hydrogen-bond donors (Lipinski definition) is 0. The van der Waals surface area contributed by atoms with Crippen LogP contribution in [0.3, 0.4) is 0 Å². The van der Waals surface area contributed by atoms with E-state index in [0.29, 0.717) is 12.1 Å². The Morgan fingerprint density at radius 1 is 1.16 bits per heavy atom. The minimum atomic E-state index is 0.507. The molecule has 1 heterocycles. The van der Waals surface area contributed by atoms with Crippen molar-refractivity contribution >= 4 is 0 Å². The quantitative estimate of drug-likeness (QED) is 0.631. The zero-order valence-corrected chi connectivity index (χ0v) is 13.7. The van der Waals surface area contributed by atoms with E-state index in [1.807, 2.05) is 0 Å². The summed E-state index contributed by atoms with van der Waals surface area (Å²) in [6, 6.07) is 0.638. The molecule has 0 aromatic heterocycles. The molecule has 0 aliphatic carbocycles. The van der Waals surface area contributed by atoms with Gasteiger partial charge in [0.2, 0.25) is 0 Å². The van der Waals surface area contributed by atoms with Crippen LogP contribution in [0.4, 0.5) is 0 Å². The van der Waals surface area contributed by atoms with Gasteiger partial charge in [-0.2, -0.15) is 0 Å². The lowest BCUT2D eigenvalue weighted by Crippen LogP contribution is -2.39. The van der Waals surface area contributed by atoms with E-state index in [9.17, 15) is 0 Å². The van der Waals surface area contributed by atoms with Crippen LogP contribution in [-0.2, 0) is 4.74 Å². The van der Waals surface area contributed by atoms with Crippen molar-refractivity contribution in [1.29, 1.82) is 0 Å². The number of nitrogens with zero attached hydrogens (tertiary/aromatic N) is 2. The summed E-state index contributed by atoms with van der Waals surface area (Å²) < 4.78 is 6.01. The molecule has 0 unspecified atom stereocenters. The average Bonchev–Trinajstić information content (AvgIpc) is 2.35. The fourth-order valence-corrected chi connectivity index (χ4v) is 2.60. The predicted molar refractivity (Wildman–Crippen MR) is 82.6 cm³/mol. The van der Waals surface area contributed by atoms with Gasteiger partial charge in [0.05, 0.1) is 6.10 Å². The summed E-state index contributed by atoms with van der Waals surface area (Å²) in [5.41, 5.74) is 0. The van der Waals surface area contributed by atoms with Gasteiger partial charge in [-0.3, -0.25) is 0 Å². The lowest BCUT2D eigenvalue weighted by Gasteiger charge is -2.33. The van der Waals surface area contributed by atoms with Crippen LogP contribution in [-0.4, -0.2) is 61.8 Å². The van der Waals surface area contributed by atoms with E-state index in [-0.39, 0.29) is 0 Å². The molecule has 19 heavy (non-hydrogen) atoms. The molecule has 3 heteroatoms. The topological polar surface area (TPSA) is 15.7 Å². The van der Waals surface area contributed by atoms with Gasteiger partial charge in [0.25, 0.3) is 0 Å². The summed E-state index contributed by atoms with van der Waals surface area (Å²) in [4.78, 5) is 4.96. The van der Waals surface area contributed by atoms with Crippen LogP contribution >= 0.6 is 0 Å². The van der Waals surface area contributed by atoms with Crippen LogP contribution in [0.25, 0.3) is 0 Å². The Balaban J connectivity index is 2.03. The van der Waals surface area contributed by atoms with E-state index in [2.05, 4.69) is 44.5 Å². The van der Waals surface area contributed by atoms with Crippen molar-refractivity contribution < 1.29 is 4.74 Å². The highest BCUT2D eigenvalue weighted by molar-refractivity contribution is 4.73. The van der Waals surface area contributed by atoms with E-state index in [0.717, 1.165) is 25.5 Å². The minimum absolute atomic E-state index is 0.507. The van der Waals surface area contributed by atoms with E-state index >= 15 is 0 Å². The predicted octanol–water partition coefficient (Wildman–Crippen LogP) is 2.85. The van der Waals surface area contributed by atoms with Crippen LogP contribution < -0.4 is 0 Å². The Morgan fingerprint density at radius 3 is 2.32 bits per heavy atom. The largest absolute Gasteiger partial charge is 0.378 e. The van der Waals surface area contributed by atoms with Crippen molar-refractivity contribution in [3.8, 4) is 0 Å². The van der Waals surface area contributed by atoms with Gasteiger partial charge in [0.15, 0.2) is 0 Å². The first kappa shape index (κ1) is 16.9. The number of likely N-dealkylation sites (tertiary alicyclic amines) is 1. The maximum atomic E-state index is 6.01. The summed E-state index contributed by atoms with van der Waals surface area (Å²) in [5.74, 6) is 0.782. The van der Waals surface area contributed by atoms with Crippen LogP contribution in [0.5, 0.6) is 0 Å². The smallest absolute Gasteiger partial charge is 0.0599 e. The molecule has 114 valence electrons. The second kappa shape index (κ2) is 8.93. The third-order valence-corrected chi connectivity index (χ3v) is 4.05. The van der Waals surface area contributed by atoms with Crippen LogP contribution in [0, 0.1) is 5.92 Å². The van der Waals surface area contributed by atoms with Gasteiger partial charge in [-0.25, -0.2) is 0 Å². The summed E-state index contributed by atoms with van der Waals surface area (Å²) >= 11 is 0. The zero-order chi connectivity index (χ0) is 14.3. The fraction of sp³-hybridized carbons (Fsp3) is 1.00.